The van der Waals surface area contributed by atoms with Gasteiger partial charge in [-0.15, -0.1) is 0 Å². The maximum Gasteiger partial charge on any atom is 0.332 e. The normalized spacial score (nSPS) is 14.4. The third-order valence-corrected chi connectivity index (χ3v) is 3.79. The van der Waals surface area contributed by atoms with Crippen molar-refractivity contribution in [1.29, 1.82) is 0 Å². The molecule has 22 heavy (non-hydrogen) atoms. The van der Waals surface area contributed by atoms with Crippen LogP contribution in [-0.2, 0) is 14.1 Å². The van der Waals surface area contributed by atoms with Gasteiger partial charge in [-0.25, -0.2) is 9.78 Å². The van der Waals surface area contributed by atoms with E-state index in [-0.39, 0.29) is 17.8 Å². The highest BCUT2D eigenvalue weighted by molar-refractivity contribution is 5.70. The summed E-state index contributed by atoms with van der Waals surface area (Å²) < 4.78 is 3.83. The van der Waals surface area contributed by atoms with E-state index >= 15 is 0 Å². The van der Waals surface area contributed by atoms with E-state index in [9.17, 15) is 14.7 Å². The fourth-order valence-electron chi connectivity index (χ4n) is 2.55. The number of nitrogens with one attached hydrogen (secondary N) is 1. The third kappa shape index (κ3) is 2.58. The molecule has 0 bridgehead atoms. The molecule has 2 unspecified atom stereocenters. The van der Waals surface area contributed by atoms with Gasteiger partial charge in [0.25, 0.3) is 5.56 Å². The van der Waals surface area contributed by atoms with Gasteiger partial charge in [-0.05, 0) is 19.9 Å². The Bertz CT molecular complexity index is 775. The first kappa shape index (κ1) is 16.4. The molecule has 0 aromatic carbocycles. The number of imidazole rings is 1. The van der Waals surface area contributed by atoms with E-state index in [1.165, 1.54) is 29.6 Å². The molecule has 9 nitrogen and oxygen atoms in total. The molecule has 122 valence electrons. The standard InChI is InChI=1S/C13H21N5O4/c1-14-10(8(20)5-4-6-19)18-7-15-11-9(18)12(21)17(3)13(22)16(11)2/h7-8,10,14,19-20H,4-6H2,1-3H3. The minimum atomic E-state index is -0.809. The molecule has 0 aliphatic carbocycles. The summed E-state index contributed by atoms with van der Waals surface area (Å²) in [7, 11) is 4.60. The number of rotatable bonds is 6. The predicted molar refractivity (Wildman–Crippen MR) is 80.6 cm³/mol. The molecule has 0 aliphatic heterocycles. The predicted octanol–water partition coefficient (Wildman–Crippen LogP) is -1.71. The van der Waals surface area contributed by atoms with Gasteiger partial charge in [0.05, 0.1) is 12.4 Å². The lowest BCUT2D eigenvalue weighted by Gasteiger charge is -2.24. The van der Waals surface area contributed by atoms with Gasteiger partial charge < -0.3 is 14.8 Å². The average molecular weight is 311 g/mol. The van der Waals surface area contributed by atoms with Crippen molar-refractivity contribution in [1.82, 2.24) is 24.0 Å². The van der Waals surface area contributed by atoms with E-state index < -0.39 is 23.5 Å². The Morgan fingerprint density at radius 2 is 2.00 bits per heavy atom. The average Bonchev–Trinajstić information content (AvgIpc) is 2.94. The zero-order valence-corrected chi connectivity index (χ0v) is 12.9. The van der Waals surface area contributed by atoms with Crippen LogP contribution in [-0.4, -0.2) is 48.7 Å². The molecule has 0 saturated heterocycles. The van der Waals surface area contributed by atoms with Crippen LogP contribution in [0.3, 0.4) is 0 Å². The number of aliphatic hydroxyl groups is 2. The summed E-state index contributed by atoms with van der Waals surface area (Å²) in [5.41, 5.74) is -0.412. The number of aryl methyl sites for hydroxylation is 1. The van der Waals surface area contributed by atoms with Crippen LogP contribution in [0.25, 0.3) is 11.2 Å². The summed E-state index contributed by atoms with van der Waals surface area (Å²) in [6.07, 6.45) is 0.851. The van der Waals surface area contributed by atoms with E-state index in [4.69, 9.17) is 5.11 Å². The van der Waals surface area contributed by atoms with Crippen LogP contribution >= 0.6 is 0 Å². The highest BCUT2D eigenvalue weighted by Gasteiger charge is 2.24. The van der Waals surface area contributed by atoms with E-state index in [2.05, 4.69) is 10.3 Å². The molecule has 0 radical (unpaired) electrons. The van der Waals surface area contributed by atoms with Crippen molar-refractivity contribution in [3.8, 4) is 0 Å². The number of fused-ring (bicyclic) bond motifs is 1. The Kier molecular flexibility index (Phi) is 4.79. The molecule has 2 atom stereocenters. The lowest BCUT2D eigenvalue weighted by molar-refractivity contribution is 0.0838. The molecule has 2 aromatic heterocycles. The topological polar surface area (TPSA) is 114 Å². The van der Waals surface area contributed by atoms with Crippen molar-refractivity contribution >= 4 is 11.2 Å². The first-order chi connectivity index (χ1) is 10.4. The van der Waals surface area contributed by atoms with E-state index in [0.29, 0.717) is 12.8 Å². The summed E-state index contributed by atoms with van der Waals surface area (Å²) >= 11 is 0. The summed E-state index contributed by atoms with van der Waals surface area (Å²) in [6.45, 7) is -0.0194. The van der Waals surface area contributed by atoms with Gasteiger partial charge in [0.1, 0.15) is 6.17 Å². The number of nitrogens with zero attached hydrogens (tertiary/aromatic N) is 4. The quantitative estimate of drug-likeness (QED) is 0.585. The van der Waals surface area contributed by atoms with Crippen LogP contribution < -0.4 is 16.6 Å². The molecule has 0 fully saturated rings. The number of hydrogen-bond donors (Lipinski definition) is 3. The minimum Gasteiger partial charge on any atom is -0.396 e. The van der Waals surface area contributed by atoms with Gasteiger partial charge >= 0.3 is 5.69 Å². The van der Waals surface area contributed by atoms with Gasteiger partial charge in [-0.1, -0.05) is 0 Å². The van der Waals surface area contributed by atoms with Crippen molar-refractivity contribution < 1.29 is 10.2 Å². The van der Waals surface area contributed by atoms with Crippen molar-refractivity contribution in [3.05, 3.63) is 27.2 Å². The van der Waals surface area contributed by atoms with Gasteiger partial charge in [0.15, 0.2) is 11.2 Å². The molecule has 2 heterocycles. The molecule has 2 aromatic rings. The van der Waals surface area contributed by atoms with E-state index in [1.807, 2.05) is 0 Å². The maximum atomic E-state index is 12.4. The Labute approximate surface area is 126 Å². The van der Waals surface area contributed by atoms with Crippen LogP contribution in [0.5, 0.6) is 0 Å². The number of aromatic nitrogens is 4. The summed E-state index contributed by atoms with van der Waals surface area (Å²) in [5.74, 6) is 0. The lowest BCUT2D eigenvalue weighted by atomic mass is 10.1. The molecule has 0 amide bonds. The molecular weight excluding hydrogens is 290 g/mol. The SMILES string of the molecule is CNC(C(O)CCCO)n1cnc2c1c(=O)n(C)c(=O)n2C. The summed E-state index contributed by atoms with van der Waals surface area (Å²) in [4.78, 5) is 28.4. The van der Waals surface area contributed by atoms with Gasteiger partial charge in [0.2, 0.25) is 0 Å². The lowest BCUT2D eigenvalue weighted by Crippen LogP contribution is -2.40. The Hall–Kier alpha value is -1.97. The fraction of sp³-hybridized carbons (Fsp3) is 0.615. The monoisotopic (exact) mass is 311 g/mol. The number of hydrogen-bond acceptors (Lipinski definition) is 6. The molecule has 2 rings (SSSR count). The molecule has 0 aliphatic rings. The van der Waals surface area contributed by atoms with E-state index in [0.717, 1.165) is 4.57 Å². The van der Waals surface area contributed by atoms with Crippen LogP contribution in [0, 0.1) is 0 Å². The van der Waals surface area contributed by atoms with Crippen molar-refractivity contribution in [2.24, 2.45) is 14.1 Å². The van der Waals surface area contributed by atoms with Gasteiger partial charge in [0, 0.05) is 20.7 Å². The third-order valence-electron chi connectivity index (χ3n) is 3.79. The molecule has 0 spiro atoms. The van der Waals surface area contributed by atoms with Crippen LogP contribution in [0.15, 0.2) is 15.9 Å². The zero-order valence-electron chi connectivity index (χ0n) is 12.9. The Balaban J connectivity index is 2.61. The second kappa shape index (κ2) is 6.42. The fourth-order valence-corrected chi connectivity index (χ4v) is 2.55. The zero-order chi connectivity index (χ0) is 16.4. The first-order valence-corrected chi connectivity index (χ1v) is 7.02. The molecular formula is C13H21N5O4. The first-order valence-electron chi connectivity index (χ1n) is 7.02. The number of aliphatic hydroxyl groups excluding tert-OH is 2. The maximum absolute atomic E-state index is 12.4. The van der Waals surface area contributed by atoms with Gasteiger partial charge in [-0.3, -0.25) is 19.2 Å². The second-order valence-corrected chi connectivity index (χ2v) is 5.20. The number of likely N-dealkylation sites (N-methyl/N-ethyl adjacent to an activating group) is 1. The highest BCUT2D eigenvalue weighted by atomic mass is 16.3. The van der Waals surface area contributed by atoms with Gasteiger partial charge in [-0.2, -0.15) is 0 Å². The van der Waals surface area contributed by atoms with Crippen molar-refractivity contribution in [2.45, 2.75) is 25.1 Å². The minimum absolute atomic E-state index is 0.0194. The summed E-state index contributed by atoms with van der Waals surface area (Å²) in [6, 6.07) is 0. The van der Waals surface area contributed by atoms with Crippen LogP contribution in [0.1, 0.15) is 19.0 Å². The van der Waals surface area contributed by atoms with E-state index in [1.54, 1.807) is 7.05 Å². The molecule has 0 saturated carbocycles. The summed E-state index contributed by atoms with van der Waals surface area (Å²) in [5, 5.41) is 22.1. The van der Waals surface area contributed by atoms with Crippen LogP contribution in [0.4, 0.5) is 0 Å². The highest BCUT2D eigenvalue weighted by Crippen LogP contribution is 2.17. The molecule has 9 heteroatoms. The van der Waals surface area contributed by atoms with Crippen molar-refractivity contribution in [2.75, 3.05) is 13.7 Å². The van der Waals surface area contributed by atoms with Crippen LogP contribution in [0.2, 0.25) is 0 Å². The smallest absolute Gasteiger partial charge is 0.332 e. The van der Waals surface area contributed by atoms with Crippen molar-refractivity contribution in [3.63, 3.8) is 0 Å². The second-order valence-electron chi connectivity index (χ2n) is 5.20. The Morgan fingerprint density at radius 1 is 1.32 bits per heavy atom. The largest absolute Gasteiger partial charge is 0.396 e. The Morgan fingerprint density at radius 3 is 2.59 bits per heavy atom. The molecule has 3 N–H and O–H groups in total.